The topological polar surface area (TPSA) is 38.9 Å². The first-order chi connectivity index (χ1) is 7.61. The van der Waals surface area contributed by atoms with E-state index < -0.39 is 0 Å². The first kappa shape index (κ1) is 11.6. The lowest BCUT2D eigenvalue weighted by molar-refractivity contribution is 0.551. The average Bonchev–Trinajstić information content (AvgIpc) is 2.64. The second-order valence-corrected chi connectivity index (χ2v) is 4.50. The van der Waals surface area contributed by atoms with E-state index in [2.05, 4.69) is 25.9 Å². The molecule has 3 nitrogen and oxygen atoms in total. The molecule has 16 heavy (non-hydrogen) atoms. The summed E-state index contributed by atoms with van der Waals surface area (Å²) < 4.78 is 6.04. The molecule has 2 rings (SSSR count). The van der Waals surface area contributed by atoms with E-state index in [-0.39, 0.29) is 0 Å². The molecular formula is C11H10BrClN2O. The number of hydrogen-bond donors (Lipinski definition) is 0. The molecule has 0 spiro atoms. The molecule has 0 amide bonds. The van der Waals surface area contributed by atoms with Gasteiger partial charge in [-0.05, 0) is 41.4 Å². The summed E-state index contributed by atoms with van der Waals surface area (Å²) in [5.74, 6) is 1.13. The molecule has 0 aliphatic heterocycles. The van der Waals surface area contributed by atoms with Gasteiger partial charge in [0.2, 0.25) is 0 Å². The van der Waals surface area contributed by atoms with E-state index in [0.29, 0.717) is 21.4 Å². The standard InChI is InChI=1S/C11H10BrClN2O/c1-3-7-6(2)14-11(15-10(7)13)8-4-5-9(12)16-8/h4-5H,3H2,1-2H3. The van der Waals surface area contributed by atoms with Gasteiger partial charge in [0.15, 0.2) is 16.3 Å². The van der Waals surface area contributed by atoms with Crippen molar-refractivity contribution in [1.29, 1.82) is 0 Å². The lowest BCUT2D eigenvalue weighted by atomic mass is 10.2. The summed E-state index contributed by atoms with van der Waals surface area (Å²) in [6, 6.07) is 3.61. The third-order valence-corrected chi connectivity index (χ3v) is 3.05. The Balaban J connectivity index is 2.52. The van der Waals surface area contributed by atoms with Crippen LogP contribution in [0.15, 0.2) is 21.2 Å². The molecule has 0 aliphatic rings. The molecule has 0 unspecified atom stereocenters. The van der Waals surface area contributed by atoms with Gasteiger partial charge in [0.05, 0.1) is 0 Å². The largest absolute Gasteiger partial charge is 0.446 e. The van der Waals surface area contributed by atoms with E-state index in [0.717, 1.165) is 17.7 Å². The van der Waals surface area contributed by atoms with Gasteiger partial charge in [0, 0.05) is 11.3 Å². The summed E-state index contributed by atoms with van der Waals surface area (Å²) in [4.78, 5) is 8.61. The Hall–Kier alpha value is -0.870. The van der Waals surface area contributed by atoms with Crippen LogP contribution in [0.2, 0.25) is 5.15 Å². The summed E-state index contributed by atoms with van der Waals surface area (Å²) in [6.45, 7) is 3.95. The zero-order valence-electron chi connectivity index (χ0n) is 8.92. The number of rotatable bonds is 2. The molecule has 0 aromatic carbocycles. The molecular weight excluding hydrogens is 291 g/mol. The zero-order chi connectivity index (χ0) is 11.7. The molecule has 0 atom stereocenters. The molecule has 2 heterocycles. The first-order valence-electron chi connectivity index (χ1n) is 4.90. The number of halogens is 2. The Bertz CT molecular complexity index is 501. The SMILES string of the molecule is CCc1c(C)nc(-c2ccc(Br)o2)nc1Cl. The van der Waals surface area contributed by atoms with Crippen LogP contribution in [0.1, 0.15) is 18.2 Å². The fraction of sp³-hybridized carbons (Fsp3) is 0.273. The van der Waals surface area contributed by atoms with Crippen molar-refractivity contribution >= 4 is 27.5 Å². The Kier molecular flexibility index (Phi) is 3.30. The van der Waals surface area contributed by atoms with Crippen molar-refractivity contribution in [3.05, 3.63) is 33.2 Å². The summed E-state index contributed by atoms with van der Waals surface area (Å²) >= 11 is 9.33. The maximum Gasteiger partial charge on any atom is 0.197 e. The summed E-state index contributed by atoms with van der Waals surface area (Å²) in [5.41, 5.74) is 1.88. The van der Waals surface area contributed by atoms with Crippen LogP contribution in [0, 0.1) is 6.92 Å². The maximum atomic E-state index is 6.09. The van der Waals surface area contributed by atoms with Gasteiger partial charge in [-0.3, -0.25) is 0 Å². The number of hydrogen-bond acceptors (Lipinski definition) is 3. The highest BCUT2D eigenvalue weighted by Gasteiger charge is 2.12. The van der Waals surface area contributed by atoms with Crippen LogP contribution in [0.25, 0.3) is 11.6 Å². The van der Waals surface area contributed by atoms with Crippen LogP contribution in [0.3, 0.4) is 0 Å². The minimum atomic E-state index is 0.498. The molecule has 2 aromatic heterocycles. The summed E-state index contributed by atoms with van der Waals surface area (Å²) in [5, 5.41) is 0.498. The van der Waals surface area contributed by atoms with Gasteiger partial charge in [-0.1, -0.05) is 18.5 Å². The van der Waals surface area contributed by atoms with Crippen LogP contribution < -0.4 is 0 Å². The molecule has 0 fully saturated rings. The van der Waals surface area contributed by atoms with E-state index in [1.165, 1.54) is 0 Å². The highest BCUT2D eigenvalue weighted by molar-refractivity contribution is 9.10. The molecule has 0 aliphatic carbocycles. The lowest BCUT2D eigenvalue weighted by Gasteiger charge is -2.05. The van der Waals surface area contributed by atoms with E-state index in [9.17, 15) is 0 Å². The van der Waals surface area contributed by atoms with Gasteiger partial charge >= 0.3 is 0 Å². The van der Waals surface area contributed by atoms with E-state index in [1.807, 2.05) is 13.8 Å². The van der Waals surface area contributed by atoms with E-state index in [4.69, 9.17) is 16.0 Å². The molecule has 0 radical (unpaired) electrons. The van der Waals surface area contributed by atoms with Crippen LogP contribution >= 0.6 is 27.5 Å². The Morgan fingerprint density at radius 2 is 2.12 bits per heavy atom. The summed E-state index contributed by atoms with van der Waals surface area (Å²) in [7, 11) is 0. The Morgan fingerprint density at radius 1 is 1.38 bits per heavy atom. The minimum Gasteiger partial charge on any atom is -0.446 e. The van der Waals surface area contributed by atoms with Gasteiger partial charge in [-0.2, -0.15) is 0 Å². The average molecular weight is 302 g/mol. The quantitative estimate of drug-likeness (QED) is 0.786. The monoisotopic (exact) mass is 300 g/mol. The number of aromatic nitrogens is 2. The van der Waals surface area contributed by atoms with Crippen molar-refractivity contribution in [2.24, 2.45) is 0 Å². The molecule has 0 N–H and O–H groups in total. The number of aryl methyl sites for hydroxylation is 1. The van der Waals surface area contributed by atoms with Crippen molar-refractivity contribution < 1.29 is 4.42 Å². The van der Waals surface area contributed by atoms with Gasteiger partial charge in [0.25, 0.3) is 0 Å². The van der Waals surface area contributed by atoms with Crippen LogP contribution in [-0.4, -0.2) is 9.97 Å². The van der Waals surface area contributed by atoms with Crippen molar-refractivity contribution in [1.82, 2.24) is 9.97 Å². The molecule has 0 bridgehead atoms. The van der Waals surface area contributed by atoms with Gasteiger partial charge in [-0.25, -0.2) is 9.97 Å². The smallest absolute Gasteiger partial charge is 0.197 e. The highest BCUT2D eigenvalue weighted by Crippen LogP contribution is 2.25. The van der Waals surface area contributed by atoms with E-state index >= 15 is 0 Å². The first-order valence-corrected chi connectivity index (χ1v) is 6.07. The van der Waals surface area contributed by atoms with Crippen molar-refractivity contribution in [3.63, 3.8) is 0 Å². The van der Waals surface area contributed by atoms with Crippen molar-refractivity contribution in [2.45, 2.75) is 20.3 Å². The Labute approximate surface area is 107 Å². The van der Waals surface area contributed by atoms with Crippen molar-refractivity contribution in [2.75, 3.05) is 0 Å². The van der Waals surface area contributed by atoms with Gasteiger partial charge in [0.1, 0.15) is 5.15 Å². The molecule has 84 valence electrons. The zero-order valence-corrected chi connectivity index (χ0v) is 11.3. The van der Waals surface area contributed by atoms with Gasteiger partial charge < -0.3 is 4.42 Å². The number of nitrogens with zero attached hydrogens (tertiary/aromatic N) is 2. The van der Waals surface area contributed by atoms with Crippen LogP contribution in [0.4, 0.5) is 0 Å². The van der Waals surface area contributed by atoms with Crippen LogP contribution in [0.5, 0.6) is 0 Å². The second-order valence-electron chi connectivity index (χ2n) is 3.36. The lowest BCUT2D eigenvalue weighted by Crippen LogP contribution is -1.98. The molecule has 0 saturated carbocycles. The van der Waals surface area contributed by atoms with Crippen molar-refractivity contribution in [3.8, 4) is 11.6 Å². The number of furan rings is 1. The molecule has 0 saturated heterocycles. The fourth-order valence-electron chi connectivity index (χ4n) is 1.51. The second kappa shape index (κ2) is 4.55. The fourth-order valence-corrected chi connectivity index (χ4v) is 2.16. The maximum absolute atomic E-state index is 6.09. The molecule has 2 aromatic rings. The third-order valence-electron chi connectivity index (χ3n) is 2.31. The third kappa shape index (κ3) is 2.13. The predicted molar refractivity (Wildman–Crippen MR) is 66.6 cm³/mol. The van der Waals surface area contributed by atoms with Gasteiger partial charge in [-0.15, -0.1) is 0 Å². The van der Waals surface area contributed by atoms with E-state index in [1.54, 1.807) is 12.1 Å². The Morgan fingerprint density at radius 3 is 2.62 bits per heavy atom. The van der Waals surface area contributed by atoms with Crippen LogP contribution in [-0.2, 0) is 6.42 Å². The normalized spacial score (nSPS) is 10.8. The predicted octanol–water partition coefficient (Wildman–Crippen LogP) is 4.02. The minimum absolute atomic E-state index is 0.498. The highest BCUT2D eigenvalue weighted by atomic mass is 79.9. The molecule has 5 heteroatoms. The summed E-state index contributed by atoms with van der Waals surface area (Å²) in [6.07, 6.45) is 0.826.